The monoisotopic (exact) mass is 457 g/mol. The molecule has 6 nitrogen and oxygen atoms in total. The molecule has 1 aliphatic rings. The van der Waals surface area contributed by atoms with Crippen molar-refractivity contribution in [2.75, 3.05) is 31.1 Å². The smallest absolute Gasteiger partial charge is 0.275 e. The van der Waals surface area contributed by atoms with Crippen LogP contribution in [-0.4, -0.2) is 41.9 Å². The zero-order valence-corrected chi connectivity index (χ0v) is 16.3. The fraction of sp³-hybridized carbons (Fsp3) is 0.278. The Bertz CT molecular complexity index is 963. The number of aryl methyl sites for hydroxylation is 1. The molecule has 3 rings (SSSR count). The second-order valence-corrected chi connectivity index (χ2v) is 7.23. The third-order valence-corrected chi connectivity index (χ3v) is 5.27. The van der Waals surface area contributed by atoms with Crippen LogP contribution in [-0.2, 0) is 0 Å². The Hall–Kier alpha value is -2.62. The van der Waals surface area contributed by atoms with Gasteiger partial charge in [0.25, 0.3) is 11.6 Å². The highest BCUT2D eigenvalue weighted by Gasteiger charge is 2.27. The SMILES string of the molecule is Cc1cc(N2CCN(C(=O)c3cc(F)c(F)cc3Br)CC2)c(F)cc1[N+](=O)[O-]. The maximum absolute atomic E-state index is 14.3. The van der Waals surface area contributed by atoms with E-state index in [1.165, 1.54) is 17.9 Å². The van der Waals surface area contributed by atoms with Crippen molar-refractivity contribution in [2.24, 2.45) is 0 Å². The number of nitro benzene ring substituents is 1. The number of anilines is 1. The maximum Gasteiger partial charge on any atom is 0.275 e. The average molecular weight is 458 g/mol. The normalized spacial score (nSPS) is 14.3. The lowest BCUT2D eigenvalue weighted by atomic mass is 10.1. The number of rotatable bonds is 3. The Morgan fingerprint density at radius 1 is 1.04 bits per heavy atom. The first-order valence-electron chi connectivity index (χ1n) is 8.32. The number of amides is 1. The van der Waals surface area contributed by atoms with Gasteiger partial charge in [-0.15, -0.1) is 0 Å². The summed E-state index contributed by atoms with van der Waals surface area (Å²) in [6.07, 6.45) is 0. The molecule has 0 spiro atoms. The zero-order valence-electron chi connectivity index (χ0n) is 14.7. The second-order valence-electron chi connectivity index (χ2n) is 6.37. The summed E-state index contributed by atoms with van der Waals surface area (Å²) in [5, 5.41) is 10.9. The minimum atomic E-state index is -1.12. The molecule has 1 heterocycles. The molecule has 0 atom stereocenters. The first-order valence-corrected chi connectivity index (χ1v) is 9.11. The summed E-state index contributed by atoms with van der Waals surface area (Å²) in [4.78, 5) is 26.0. The Kier molecular flexibility index (Phi) is 5.59. The van der Waals surface area contributed by atoms with Gasteiger partial charge in [-0.1, -0.05) is 0 Å². The summed E-state index contributed by atoms with van der Waals surface area (Å²) in [5.74, 6) is -3.35. The third kappa shape index (κ3) is 3.82. The van der Waals surface area contributed by atoms with Crippen molar-refractivity contribution in [3.63, 3.8) is 0 Å². The molecule has 2 aromatic carbocycles. The van der Waals surface area contributed by atoms with Gasteiger partial charge >= 0.3 is 0 Å². The molecule has 0 aromatic heterocycles. The fourth-order valence-corrected chi connectivity index (χ4v) is 3.59. The number of piperazine rings is 1. The molecule has 1 fully saturated rings. The molecule has 2 aromatic rings. The first-order chi connectivity index (χ1) is 13.2. The summed E-state index contributed by atoms with van der Waals surface area (Å²) < 4.78 is 41.2. The molecule has 0 aliphatic carbocycles. The highest BCUT2D eigenvalue weighted by atomic mass is 79.9. The van der Waals surface area contributed by atoms with Crippen LogP contribution in [0.1, 0.15) is 15.9 Å². The number of nitrogens with zero attached hydrogens (tertiary/aromatic N) is 3. The van der Waals surface area contributed by atoms with Crippen LogP contribution < -0.4 is 4.90 Å². The maximum atomic E-state index is 14.3. The van der Waals surface area contributed by atoms with E-state index in [0.29, 0.717) is 18.7 Å². The number of hydrogen-bond acceptors (Lipinski definition) is 4. The van der Waals surface area contributed by atoms with Gasteiger partial charge in [-0.3, -0.25) is 14.9 Å². The first kappa shape index (κ1) is 20.1. The van der Waals surface area contributed by atoms with Crippen LogP contribution >= 0.6 is 15.9 Å². The molecular weight excluding hydrogens is 443 g/mol. The predicted octanol–water partition coefficient (Wildman–Crippen LogP) is 4.05. The Morgan fingerprint density at radius 2 is 1.64 bits per heavy atom. The van der Waals surface area contributed by atoms with E-state index in [0.717, 1.165) is 18.2 Å². The van der Waals surface area contributed by atoms with Gasteiger partial charge < -0.3 is 9.80 Å². The van der Waals surface area contributed by atoms with Gasteiger partial charge in [-0.05, 0) is 41.1 Å². The van der Waals surface area contributed by atoms with Crippen LogP contribution in [0.15, 0.2) is 28.7 Å². The summed E-state index contributed by atoms with van der Waals surface area (Å²) in [6, 6.07) is 4.04. The van der Waals surface area contributed by atoms with Crippen molar-refractivity contribution in [3.8, 4) is 0 Å². The van der Waals surface area contributed by atoms with E-state index in [1.54, 1.807) is 4.90 Å². The van der Waals surface area contributed by atoms with Crippen LogP contribution in [0.2, 0.25) is 0 Å². The van der Waals surface area contributed by atoms with Crippen molar-refractivity contribution < 1.29 is 22.9 Å². The van der Waals surface area contributed by atoms with Gasteiger partial charge in [0, 0.05) is 36.2 Å². The van der Waals surface area contributed by atoms with Gasteiger partial charge in [0.1, 0.15) is 0 Å². The molecule has 10 heteroatoms. The van der Waals surface area contributed by atoms with Crippen molar-refractivity contribution in [1.82, 2.24) is 4.90 Å². The predicted molar refractivity (Wildman–Crippen MR) is 100.0 cm³/mol. The molecule has 0 bridgehead atoms. The third-order valence-electron chi connectivity index (χ3n) is 4.61. The molecular formula is C18H15BrF3N3O3. The van der Waals surface area contributed by atoms with Crippen molar-refractivity contribution in [1.29, 1.82) is 0 Å². The summed E-state index contributed by atoms with van der Waals surface area (Å²) in [7, 11) is 0. The number of nitro groups is 1. The summed E-state index contributed by atoms with van der Waals surface area (Å²) in [6.45, 7) is 2.59. The van der Waals surface area contributed by atoms with Crippen LogP contribution in [0.25, 0.3) is 0 Å². The van der Waals surface area contributed by atoms with E-state index in [9.17, 15) is 28.1 Å². The number of carbonyl (C=O) groups excluding carboxylic acids is 1. The van der Waals surface area contributed by atoms with E-state index in [2.05, 4.69) is 15.9 Å². The van der Waals surface area contributed by atoms with E-state index in [-0.39, 0.29) is 34.5 Å². The van der Waals surface area contributed by atoms with Crippen LogP contribution in [0, 0.1) is 34.5 Å². The molecule has 148 valence electrons. The Labute approximate surface area is 166 Å². The molecule has 0 saturated carbocycles. The average Bonchev–Trinajstić information content (AvgIpc) is 2.65. The van der Waals surface area contributed by atoms with Crippen molar-refractivity contribution in [2.45, 2.75) is 6.92 Å². The van der Waals surface area contributed by atoms with Crippen LogP contribution in [0.4, 0.5) is 24.5 Å². The topological polar surface area (TPSA) is 66.7 Å². The zero-order chi connectivity index (χ0) is 20.6. The number of carbonyl (C=O) groups is 1. The van der Waals surface area contributed by atoms with Gasteiger partial charge in [-0.25, -0.2) is 13.2 Å². The van der Waals surface area contributed by atoms with Gasteiger partial charge in [0.15, 0.2) is 17.5 Å². The highest BCUT2D eigenvalue weighted by molar-refractivity contribution is 9.10. The lowest BCUT2D eigenvalue weighted by molar-refractivity contribution is -0.385. The quantitative estimate of drug-likeness (QED) is 0.396. The van der Waals surface area contributed by atoms with E-state index in [4.69, 9.17) is 0 Å². The number of hydrogen-bond donors (Lipinski definition) is 0. The Morgan fingerprint density at radius 3 is 2.25 bits per heavy atom. The van der Waals surface area contributed by atoms with Gasteiger partial charge in [-0.2, -0.15) is 0 Å². The number of benzene rings is 2. The number of halogens is 4. The standard InChI is InChI=1S/C18H15BrF3N3O3/c1-10-6-17(15(22)9-16(10)25(27)28)23-2-4-24(5-3-23)18(26)11-7-13(20)14(21)8-12(11)19/h6-9H,2-5H2,1H3. The van der Waals surface area contributed by atoms with E-state index in [1.807, 2.05) is 0 Å². The molecule has 0 N–H and O–H groups in total. The van der Waals surface area contributed by atoms with Gasteiger partial charge in [0.05, 0.1) is 22.2 Å². The summed E-state index contributed by atoms with van der Waals surface area (Å²) >= 11 is 3.06. The van der Waals surface area contributed by atoms with Crippen LogP contribution in [0.5, 0.6) is 0 Å². The fourth-order valence-electron chi connectivity index (χ4n) is 3.10. The molecule has 0 radical (unpaired) electrons. The highest BCUT2D eigenvalue weighted by Crippen LogP contribution is 2.29. The largest absolute Gasteiger partial charge is 0.366 e. The molecule has 1 aliphatic heterocycles. The minimum absolute atomic E-state index is 0.00436. The van der Waals surface area contributed by atoms with Crippen molar-refractivity contribution >= 4 is 33.2 Å². The molecule has 28 heavy (non-hydrogen) atoms. The Balaban J connectivity index is 1.75. The lowest BCUT2D eigenvalue weighted by Crippen LogP contribution is -2.49. The minimum Gasteiger partial charge on any atom is -0.366 e. The molecule has 0 unspecified atom stereocenters. The van der Waals surface area contributed by atoms with E-state index < -0.39 is 28.3 Å². The van der Waals surface area contributed by atoms with Crippen LogP contribution in [0.3, 0.4) is 0 Å². The molecule has 1 amide bonds. The van der Waals surface area contributed by atoms with Gasteiger partial charge in [0.2, 0.25) is 0 Å². The molecule has 1 saturated heterocycles. The second kappa shape index (κ2) is 7.78. The summed E-state index contributed by atoms with van der Waals surface area (Å²) in [5.41, 5.74) is 0.276. The van der Waals surface area contributed by atoms with Crippen molar-refractivity contribution in [3.05, 3.63) is 67.4 Å². The van der Waals surface area contributed by atoms with E-state index >= 15 is 0 Å². The lowest BCUT2D eigenvalue weighted by Gasteiger charge is -2.36.